The number of carboxylic acids is 1. The second kappa shape index (κ2) is 10.3. The Labute approximate surface area is 234 Å². The molecule has 13 nitrogen and oxygen atoms in total. The number of hydrogen-bond acceptors (Lipinski definition) is 11. The van der Waals surface area contributed by atoms with Gasteiger partial charge >= 0.3 is 0 Å². The Morgan fingerprint density at radius 3 is 2.82 bits per heavy atom. The van der Waals surface area contributed by atoms with Crippen molar-refractivity contribution in [3.05, 3.63) is 57.7 Å². The summed E-state index contributed by atoms with van der Waals surface area (Å²) < 4.78 is 3.36. The van der Waals surface area contributed by atoms with Crippen LogP contribution in [-0.4, -0.2) is 68.0 Å². The maximum atomic E-state index is 13.1. The highest BCUT2D eigenvalue weighted by atomic mass is 35.5. The second-order valence-corrected chi connectivity index (χ2v) is 11.0. The van der Waals surface area contributed by atoms with E-state index in [0.29, 0.717) is 22.0 Å². The van der Waals surface area contributed by atoms with Gasteiger partial charge in [-0.05, 0) is 5.57 Å². The van der Waals surface area contributed by atoms with Crippen molar-refractivity contribution < 1.29 is 33.7 Å². The quantitative estimate of drug-likeness (QED) is 0.116. The van der Waals surface area contributed by atoms with Crippen LogP contribution in [0.1, 0.15) is 23.1 Å². The van der Waals surface area contributed by atoms with E-state index in [4.69, 9.17) is 22.2 Å². The van der Waals surface area contributed by atoms with E-state index in [-0.39, 0.29) is 40.3 Å². The lowest BCUT2D eigenvalue weighted by Gasteiger charge is -2.50. The molecule has 0 unspecified atom stereocenters. The zero-order valence-electron chi connectivity index (χ0n) is 20.4. The van der Waals surface area contributed by atoms with Gasteiger partial charge in [-0.3, -0.25) is 19.3 Å². The van der Waals surface area contributed by atoms with Gasteiger partial charge in [-0.15, -0.1) is 23.1 Å². The first-order valence-electron chi connectivity index (χ1n) is 11.3. The monoisotopic (exact) mass is 589 g/mol. The summed E-state index contributed by atoms with van der Waals surface area (Å²) in [6, 6.07) is 0.570. The van der Waals surface area contributed by atoms with Crippen LogP contribution in [0.15, 0.2) is 46.5 Å². The van der Waals surface area contributed by atoms with Crippen LogP contribution in [-0.2, 0) is 25.8 Å². The molecule has 202 valence electrons. The number of hydrogen-bond donors (Lipinski definition) is 2. The number of Topliss-reactive ketones (excluding diaryl/α,β-unsaturated/α-hetero) is 1. The standard InChI is InChI=1S/C23H20ClN7O6S2/c1-10(32)14-5-12(24)15-7-29(3-4-30(14)15)6-11-8-38-21-17(20(34)31(21)18(11)22(35)36)27-19(33)16(28-37-2)13-9-39-23(25)26-13/h3-5,7,9,17,21H,6,8H2,1-2H3,(H3-,25,26,27,33,35,36)/b28-16-/t17-,21-/m1/s1. The lowest BCUT2D eigenvalue weighted by molar-refractivity contribution is -0.595. The number of thiazole rings is 1. The number of anilines is 1. The number of aromatic nitrogens is 3. The third-order valence-corrected chi connectivity index (χ3v) is 8.46. The van der Waals surface area contributed by atoms with Crippen molar-refractivity contribution in [1.82, 2.24) is 19.8 Å². The van der Waals surface area contributed by atoms with Crippen LogP contribution in [0.5, 0.6) is 0 Å². The highest BCUT2D eigenvalue weighted by molar-refractivity contribution is 8.00. The number of β-lactam (4-membered cyclic amide) rings is 1. The Morgan fingerprint density at radius 1 is 1.41 bits per heavy atom. The predicted molar refractivity (Wildman–Crippen MR) is 139 cm³/mol. The average Bonchev–Trinajstić information content (AvgIpc) is 3.48. The molecule has 0 bridgehead atoms. The lowest BCUT2D eigenvalue weighted by Crippen LogP contribution is -2.71. The molecule has 0 saturated carbocycles. The van der Waals surface area contributed by atoms with Crippen LogP contribution < -0.4 is 20.7 Å². The molecule has 1 aromatic rings. The van der Waals surface area contributed by atoms with E-state index in [1.54, 1.807) is 33.8 Å². The number of halogens is 1. The fraction of sp³-hybridized carbons (Fsp3) is 0.261. The van der Waals surface area contributed by atoms with Crippen molar-refractivity contribution in [2.75, 3.05) is 18.6 Å². The van der Waals surface area contributed by atoms with Crippen LogP contribution in [0.3, 0.4) is 0 Å². The zero-order chi connectivity index (χ0) is 28.0. The molecule has 4 aliphatic rings. The molecule has 0 radical (unpaired) electrons. The lowest BCUT2D eigenvalue weighted by atomic mass is 10.0. The van der Waals surface area contributed by atoms with E-state index in [9.17, 15) is 24.3 Å². The van der Waals surface area contributed by atoms with Gasteiger partial charge in [0.15, 0.2) is 17.0 Å². The van der Waals surface area contributed by atoms with Crippen molar-refractivity contribution in [2.45, 2.75) is 24.9 Å². The van der Waals surface area contributed by atoms with Crippen molar-refractivity contribution in [1.29, 1.82) is 0 Å². The van der Waals surface area contributed by atoms with Crippen LogP contribution >= 0.6 is 34.7 Å². The highest BCUT2D eigenvalue weighted by Crippen LogP contribution is 2.40. The predicted octanol–water partition coefficient (Wildman–Crippen LogP) is -0.448. The molecule has 0 aromatic carbocycles. The molecule has 2 atom stereocenters. The Balaban J connectivity index is 1.37. The number of amides is 2. The van der Waals surface area contributed by atoms with Crippen LogP contribution in [0.2, 0.25) is 5.02 Å². The highest BCUT2D eigenvalue weighted by Gasteiger charge is 2.53. The van der Waals surface area contributed by atoms with E-state index in [1.807, 2.05) is 0 Å². The Hall–Kier alpha value is -3.95. The van der Waals surface area contributed by atoms with Crippen molar-refractivity contribution in [3.63, 3.8) is 0 Å². The van der Waals surface area contributed by atoms with E-state index in [2.05, 4.69) is 15.5 Å². The van der Waals surface area contributed by atoms with Gasteiger partial charge < -0.3 is 30.4 Å². The number of nitrogens with zero attached hydrogens (tertiary/aromatic N) is 5. The first-order valence-corrected chi connectivity index (χ1v) is 13.6. The van der Waals surface area contributed by atoms with Crippen LogP contribution in [0.25, 0.3) is 5.69 Å². The molecular formula is C23H20ClN7O6S2. The van der Waals surface area contributed by atoms with E-state index < -0.39 is 29.2 Å². The summed E-state index contributed by atoms with van der Waals surface area (Å²) in [6.07, 6.45) is 5.02. The number of nitrogens with two attached hydrogens (primary N) is 1. The third-order valence-electron chi connectivity index (χ3n) is 6.15. The summed E-state index contributed by atoms with van der Waals surface area (Å²) >= 11 is 8.72. The smallest absolute Gasteiger partial charge is 0.276 e. The number of aliphatic carboxylic acids is 1. The van der Waals surface area contributed by atoms with Gasteiger partial charge in [0.05, 0.1) is 24.1 Å². The largest absolute Gasteiger partial charge is 0.543 e. The molecule has 2 amide bonds. The molecule has 1 fully saturated rings. The Bertz CT molecular complexity index is 1560. The number of oxime groups is 1. The molecule has 5 rings (SSSR count). The van der Waals surface area contributed by atoms with Gasteiger partial charge in [0.2, 0.25) is 11.5 Å². The summed E-state index contributed by atoms with van der Waals surface area (Å²) in [5.74, 6) is -2.72. The van der Waals surface area contributed by atoms with Crippen LogP contribution in [0.4, 0.5) is 5.13 Å². The van der Waals surface area contributed by atoms with Crippen molar-refractivity contribution in [3.8, 4) is 5.69 Å². The second-order valence-electron chi connectivity index (χ2n) is 8.58. The molecule has 0 aliphatic carbocycles. The number of rotatable bonds is 8. The topological polar surface area (TPSA) is 176 Å². The summed E-state index contributed by atoms with van der Waals surface area (Å²) in [4.78, 5) is 59.9. The number of nitrogens with one attached hydrogen (secondary N) is 1. The number of ketones is 1. The molecule has 3 N–H and O–H groups in total. The van der Waals surface area contributed by atoms with Gasteiger partial charge in [-0.1, -0.05) is 16.8 Å². The maximum absolute atomic E-state index is 13.1. The Kier molecular flexibility index (Phi) is 7.05. The van der Waals surface area contributed by atoms with Crippen LogP contribution in [0, 0.1) is 0 Å². The summed E-state index contributed by atoms with van der Waals surface area (Å²) in [7, 11) is 1.26. The number of thioether (sulfide) groups is 1. The van der Waals surface area contributed by atoms with E-state index in [1.165, 1.54) is 31.2 Å². The first-order chi connectivity index (χ1) is 18.6. The number of carbonyl (C=O) groups is 4. The fourth-order valence-corrected chi connectivity index (χ4v) is 6.56. The van der Waals surface area contributed by atoms with Gasteiger partial charge in [-0.25, -0.2) is 4.98 Å². The fourth-order valence-electron chi connectivity index (χ4n) is 4.43. The third kappa shape index (κ3) is 4.72. The number of carbonyl (C=O) groups excluding carboxylic acids is 4. The maximum Gasteiger partial charge on any atom is 0.276 e. The number of nitrogen functional groups attached to an aromatic ring is 1. The molecule has 0 spiro atoms. The van der Waals surface area contributed by atoms with Gasteiger partial charge in [0, 0.05) is 30.7 Å². The molecule has 16 heteroatoms. The normalized spacial score (nSPS) is 19.1. The Morgan fingerprint density at radius 2 is 2.18 bits per heavy atom. The number of carboxylic acid groups (broad SMARTS) is 1. The molecule has 4 aliphatic heterocycles. The van der Waals surface area contributed by atoms with Crippen molar-refractivity contribution >= 4 is 69.1 Å². The van der Waals surface area contributed by atoms with E-state index >= 15 is 0 Å². The molecule has 1 aromatic heterocycles. The summed E-state index contributed by atoms with van der Waals surface area (Å²) in [5.41, 5.74) is 6.85. The minimum Gasteiger partial charge on any atom is -0.543 e. The minimum atomic E-state index is -1.51. The van der Waals surface area contributed by atoms with Gasteiger partial charge in [0.1, 0.15) is 29.2 Å². The first kappa shape index (κ1) is 26.6. The minimum absolute atomic E-state index is 0.132. The van der Waals surface area contributed by atoms with E-state index in [0.717, 1.165) is 16.2 Å². The zero-order valence-corrected chi connectivity index (χ0v) is 22.8. The van der Waals surface area contributed by atoms with Gasteiger partial charge in [0.25, 0.3) is 17.5 Å². The average molecular weight is 590 g/mol. The molecule has 5 heterocycles. The van der Waals surface area contributed by atoms with Crippen molar-refractivity contribution in [2.24, 2.45) is 5.16 Å². The number of fused-ring (bicyclic) bond motifs is 2. The summed E-state index contributed by atoms with van der Waals surface area (Å²) in [6.45, 7) is 1.57. The molecule has 1 saturated heterocycles. The molecular weight excluding hydrogens is 570 g/mol. The van der Waals surface area contributed by atoms with Gasteiger partial charge in [-0.2, -0.15) is 4.57 Å². The molecule has 39 heavy (non-hydrogen) atoms. The summed E-state index contributed by atoms with van der Waals surface area (Å²) in [5, 5.41) is 19.9. The SMILES string of the molecule is CO/N=C(\C(=O)N[C@@H]1C(=O)N2C(C(=O)[O-])=C(Cn3cc[n+]4c(C(C)=O)cc(Cl)c-4c3)CS[C@H]12)c1csc(N)n1.